The summed E-state index contributed by atoms with van der Waals surface area (Å²) >= 11 is 0. The van der Waals surface area contributed by atoms with Crippen LogP contribution in [0.4, 0.5) is 0 Å². The van der Waals surface area contributed by atoms with Crippen molar-refractivity contribution in [3.8, 4) is 5.75 Å². The Labute approximate surface area is 117 Å². The first kappa shape index (κ1) is 16.0. The predicted octanol–water partition coefficient (Wildman–Crippen LogP) is 3.51. The van der Waals surface area contributed by atoms with Crippen molar-refractivity contribution >= 4 is 0 Å². The largest absolute Gasteiger partial charge is 0.507 e. The van der Waals surface area contributed by atoms with Crippen LogP contribution in [-0.4, -0.2) is 5.11 Å². The Balaban J connectivity index is 3.57. The zero-order chi connectivity index (χ0) is 15.0. The number of benzene rings is 1. The van der Waals surface area contributed by atoms with Crippen LogP contribution in [0.3, 0.4) is 0 Å². The standard InChI is InChI=1S/C16H28N2O/c1-10(18-17)11-8-12(15(2,3)4)14(19)13(9-11)16(5,6)7/h8-10,18-19H,17H2,1-7H3. The minimum Gasteiger partial charge on any atom is -0.507 e. The van der Waals surface area contributed by atoms with Gasteiger partial charge in [-0.05, 0) is 46.6 Å². The summed E-state index contributed by atoms with van der Waals surface area (Å²) in [6.07, 6.45) is 0. The molecule has 3 heteroatoms. The molecule has 0 amide bonds. The lowest BCUT2D eigenvalue weighted by Crippen LogP contribution is -2.27. The van der Waals surface area contributed by atoms with E-state index in [4.69, 9.17) is 5.84 Å². The molecule has 0 spiro atoms. The summed E-state index contributed by atoms with van der Waals surface area (Å²) in [7, 11) is 0. The molecule has 0 heterocycles. The van der Waals surface area contributed by atoms with E-state index < -0.39 is 0 Å². The van der Waals surface area contributed by atoms with Gasteiger partial charge in [-0.3, -0.25) is 11.3 Å². The molecule has 1 aromatic carbocycles. The minimum atomic E-state index is -0.103. The SMILES string of the molecule is CC(NN)c1cc(C(C)(C)C)c(O)c(C(C)(C)C)c1. The second-order valence-electron chi connectivity index (χ2n) is 7.35. The highest BCUT2D eigenvalue weighted by molar-refractivity contribution is 5.50. The number of phenolic OH excluding ortho intramolecular Hbond substituents is 1. The van der Waals surface area contributed by atoms with Gasteiger partial charge in [0.25, 0.3) is 0 Å². The topological polar surface area (TPSA) is 58.3 Å². The quantitative estimate of drug-likeness (QED) is 0.566. The van der Waals surface area contributed by atoms with Crippen LogP contribution in [0.1, 0.15) is 71.2 Å². The summed E-state index contributed by atoms with van der Waals surface area (Å²) in [5.41, 5.74) is 5.62. The van der Waals surface area contributed by atoms with Crippen LogP contribution in [0, 0.1) is 0 Å². The maximum absolute atomic E-state index is 10.6. The molecule has 0 fully saturated rings. The normalized spacial score (nSPS) is 14.5. The van der Waals surface area contributed by atoms with Crippen LogP contribution in [0.25, 0.3) is 0 Å². The Morgan fingerprint density at radius 2 is 1.37 bits per heavy atom. The number of phenols is 1. The molecule has 0 aliphatic rings. The van der Waals surface area contributed by atoms with Crippen molar-refractivity contribution in [3.63, 3.8) is 0 Å². The highest BCUT2D eigenvalue weighted by atomic mass is 16.3. The third-order valence-corrected chi connectivity index (χ3v) is 3.50. The van der Waals surface area contributed by atoms with Gasteiger partial charge >= 0.3 is 0 Å². The fourth-order valence-electron chi connectivity index (χ4n) is 2.15. The van der Waals surface area contributed by atoms with Gasteiger partial charge in [0, 0.05) is 6.04 Å². The van der Waals surface area contributed by atoms with Gasteiger partial charge in [0.1, 0.15) is 5.75 Å². The monoisotopic (exact) mass is 264 g/mol. The van der Waals surface area contributed by atoms with E-state index in [1.165, 1.54) is 0 Å². The van der Waals surface area contributed by atoms with E-state index in [9.17, 15) is 5.11 Å². The van der Waals surface area contributed by atoms with Crippen LogP contribution in [0.15, 0.2) is 12.1 Å². The van der Waals surface area contributed by atoms with Crippen molar-refractivity contribution in [3.05, 3.63) is 28.8 Å². The number of aromatic hydroxyl groups is 1. The Morgan fingerprint density at radius 3 is 1.63 bits per heavy atom. The van der Waals surface area contributed by atoms with Crippen molar-refractivity contribution < 1.29 is 5.11 Å². The van der Waals surface area contributed by atoms with Crippen molar-refractivity contribution in [1.29, 1.82) is 0 Å². The molecular formula is C16H28N2O. The van der Waals surface area contributed by atoms with Gasteiger partial charge in [0.2, 0.25) is 0 Å². The molecule has 1 rings (SSSR count). The van der Waals surface area contributed by atoms with Gasteiger partial charge in [-0.15, -0.1) is 0 Å². The first-order valence-corrected chi connectivity index (χ1v) is 6.82. The van der Waals surface area contributed by atoms with Crippen molar-refractivity contribution in [2.24, 2.45) is 5.84 Å². The summed E-state index contributed by atoms with van der Waals surface area (Å²) in [4.78, 5) is 0. The van der Waals surface area contributed by atoms with Gasteiger partial charge in [-0.1, -0.05) is 41.5 Å². The van der Waals surface area contributed by atoms with Crippen LogP contribution >= 0.6 is 0 Å². The smallest absolute Gasteiger partial charge is 0.123 e. The minimum absolute atomic E-state index is 0.0581. The van der Waals surface area contributed by atoms with E-state index >= 15 is 0 Å². The lowest BCUT2D eigenvalue weighted by molar-refractivity contribution is 0.421. The molecule has 108 valence electrons. The maximum atomic E-state index is 10.6. The number of rotatable bonds is 2. The van der Waals surface area contributed by atoms with Crippen LogP contribution in [0.5, 0.6) is 5.75 Å². The van der Waals surface area contributed by atoms with E-state index in [-0.39, 0.29) is 16.9 Å². The van der Waals surface area contributed by atoms with Crippen molar-refractivity contribution in [2.75, 3.05) is 0 Å². The van der Waals surface area contributed by atoms with Gasteiger partial charge in [0.15, 0.2) is 0 Å². The fraction of sp³-hybridized carbons (Fsp3) is 0.625. The summed E-state index contributed by atoms with van der Waals surface area (Å²) < 4.78 is 0. The van der Waals surface area contributed by atoms with Gasteiger partial charge in [-0.2, -0.15) is 0 Å². The molecule has 1 unspecified atom stereocenters. The van der Waals surface area contributed by atoms with E-state index in [2.05, 4.69) is 59.1 Å². The Kier molecular flexibility index (Phi) is 4.33. The lowest BCUT2D eigenvalue weighted by Gasteiger charge is -2.29. The third kappa shape index (κ3) is 3.48. The molecule has 0 radical (unpaired) electrons. The van der Waals surface area contributed by atoms with Crippen molar-refractivity contribution in [1.82, 2.24) is 5.43 Å². The molecule has 0 aliphatic carbocycles. The zero-order valence-electron chi connectivity index (χ0n) is 13.3. The first-order chi connectivity index (χ1) is 8.48. The fourth-order valence-corrected chi connectivity index (χ4v) is 2.15. The molecule has 1 aromatic rings. The summed E-state index contributed by atoms with van der Waals surface area (Å²) in [5, 5.41) is 10.6. The van der Waals surface area contributed by atoms with E-state index in [1.54, 1.807) is 0 Å². The van der Waals surface area contributed by atoms with E-state index in [0.29, 0.717) is 5.75 Å². The molecule has 0 aromatic heterocycles. The van der Waals surface area contributed by atoms with Gasteiger partial charge in [0.05, 0.1) is 0 Å². The number of hydrogen-bond donors (Lipinski definition) is 3. The number of hydrazine groups is 1. The summed E-state index contributed by atoms with van der Waals surface area (Å²) in [5.74, 6) is 5.96. The Morgan fingerprint density at radius 1 is 1.00 bits per heavy atom. The van der Waals surface area contributed by atoms with Crippen molar-refractivity contribution in [2.45, 2.75) is 65.3 Å². The molecule has 19 heavy (non-hydrogen) atoms. The van der Waals surface area contributed by atoms with Crippen LogP contribution in [-0.2, 0) is 10.8 Å². The van der Waals surface area contributed by atoms with Crippen LogP contribution < -0.4 is 11.3 Å². The molecule has 0 aliphatic heterocycles. The average molecular weight is 264 g/mol. The molecule has 4 N–H and O–H groups in total. The first-order valence-electron chi connectivity index (χ1n) is 6.82. The Bertz CT molecular complexity index is 418. The number of hydrogen-bond acceptors (Lipinski definition) is 3. The molecule has 0 saturated carbocycles. The predicted molar refractivity (Wildman–Crippen MR) is 81.2 cm³/mol. The van der Waals surface area contributed by atoms with Crippen LogP contribution in [0.2, 0.25) is 0 Å². The van der Waals surface area contributed by atoms with Gasteiger partial charge < -0.3 is 5.11 Å². The molecule has 0 saturated heterocycles. The highest BCUT2D eigenvalue weighted by Gasteiger charge is 2.27. The average Bonchev–Trinajstić information content (AvgIpc) is 2.25. The molecular weight excluding hydrogens is 236 g/mol. The number of nitrogens with one attached hydrogen (secondary N) is 1. The molecule has 3 nitrogen and oxygen atoms in total. The van der Waals surface area contributed by atoms with Gasteiger partial charge in [-0.25, -0.2) is 0 Å². The highest BCUT2D eigenvalue weighted by Crippen LogP contribution is 2.40. The number of nitrogens with two attached hydrogens (primary N) is 1. The van der Waals surface area contributed by atoms with E-state index in [1.807, 2.05) is 6.92 Å². The van der Waals surface area contributed by atoms with E-state index in [0.717, 1.165) is 16.7 Å². The maximum Gasteiger partial charge on any atom is 0.123 e. The summed E-state index contributed by atoms with van der Waals surface area (Å²) in [6, 6.07) is 4.16. The second kappa shape index (κ2) is 5.14. The third-order valence-electron chi connectivity index (χ3n) is 3.50. The lowest BCUT2D eigenvalue weighted by atomic mass is 9.78. The Hall–Kier alpha value is -1.06. The summed E-state index contributed by atoms with van der Waals surface area (Å²) in [6.45, 7) is 14.7. The molecule has 0 bridgehead atoms. The zero-order valence-corrected chi connectivity index (χ0v) is 13.3. The molecule has 1 atom stereocenters. The second-order valence-corrected chi connectivity index (χ2v) is 7.35.